The molecule has 25 heavy (non-hydrogen) atoms. The average molecular weight is 347 g/mol. The van der Waals surface area contributed by atoms with Gasteiger partial charge < -0.3 is 19.8 Å². The molecule has 2 N–H and O–H groups in total. The molecule has 6 heteroatoms. The predicted molar refractivity (Wildman–Crippen MR) is 91.3 cm³/mol. The molecule has 136 valence electrons. The number of carboxylic acid groups (broad SMARTS) is 1. The molecule has 2 atom stereocenters. The Kier molecular flexibility index (Phi) is 4.99. The number of hydrogen-bond acceptors (Lipinski definition) is 4. The number of hydrogen-bond donors (Lipinski definition) is 2. The van der Waals surface area contributed by atoms with Gasteiger partial charge in [0.05, 0.1) is 6.10 Å². The average Bonchev–Trinajstić information content (AvgIpc) is 3.39. The molecule has 1 saturated heterocycles. The first-order chi connectivity index (χ1) is 11.9. The fourth-order valence-electron chi connectivity index (χ4n) is 3.58. The van der Waals surface area contributed by atoms with E-state index in [1.54, 1.807) is 6.07 Å². The first-order valence-corrected chi connectivity index (χ1v) is 8.80. The Morgan fingerprint density at radius 2 is 2.00 bits per heavy atom. The smallest absolute Gasteiger partial charge is 0.314 e. The molecule has 2 fully saturated rings. The molecule has 0 spiro atoms. The van der Waals surface area contributed by atoms with Crippen molar-refractivity contribution < 1.29 is 24.5 Å². The molecule has 0 unspecified atom stereocenters. The highest BCUT2D eigenvalue weighted by Crippen LogP contribution is 2.45. The Bertz CT molecular complexity index is 657. The zero-order valence-corrected chi connectivity index (χ0v) is 14.5. The van der Waals surface area contributed by atoms with Crippen LogP contribution >= 0.6 is 0 Å². The molecule has 0 radical (unpaired) electrons. The summed E-state index contributed by atoms with van der Waals surface area (Å²) in [5.41, 5.74) is -0.310. The van der Waals surface area contributed by atoms with Gasteiger partial charge in [0.1, 0.15) is 11.2 Å². The first kappa shape index (κ1) is 17.7. The summed E-state index contributed by atoms with van der Waals surface area (Å²) in [6, 6.07) is 7.45. The minimum atomic E-state index is -1.25. The Morgan fingerprint density at radius 1 is 1.28 bits per heavy atom. The number of likely N-dealkylation sites (tertiary alicyclic amines) is 1. The van der Waals surface area contributed by atoms with Crippen LogP contribution in [0.2, 0.25) is 0 Å². The Hall–Kier alpha value is -2.08. The van der Waals surface area contributed by atoms with E-state index >= 15 is 0 Å². The molecule has 2 aliphatic rings. The second-order valence-electron chi connectivity index (χ2n) is 7.28. The SMILES string of the molecule is Cc1ccccc1OCC(=O)N1CC[C@@H](O)[C@@](CC2CC2)(C(=O)O)C1. The number of piperidine rings is 1. The minimum Gasteiger partial charge on any atom is -0.484 e. The van der Waals surface area contributed by atoms with Gasteiger partial charge in [0, 0.05) is 13.1 Å². The van der Waals surface area contributed by atoms with Crippen LogP contribution in [0.25, 0.3) is 0 Å². The van der Waals surface area contributed by atoms with Crippen LogP contribution in [0.4, 0.5) is 0 Å². The van der Waals surface area contributed by atoms with Crippen LogP contribution in [0.15, 0.2) is 24.3 Å². The second kappa shape index (κ2) is 7.04. The molecule has 0 aromatic heterocycles. The number of aliphatic hydroxyl groups is 1. The van der Waals surface area contributed by atoms with Crippen molar-refractivity contribution in [3.05, 3.63) is 29.8 Å². The number of carbonyl (C=O) groups is 2. The highest BCUT2D eigenvalue weighted by molar-refractivity contribution is 5.81. The lowest BCUT2D eigenvalue weighted by Crippen LogP contribution is -2.58. The molecule has 1 aromatic rings. The first-order valence-electron chi connectivity index (χ1n) is 8.80. The number of amides is 1. The van der Waals surface area contributed by atoms with Gasteiger partial charge in [-0.3, -0.25) is 9.59 Å². The van der Waals surface area contributed by atoms with Gasteiger partial charge in [-0.15, -0.1) is 0 Å². The monoisotopic (exact) mass is 347 g/mol. The third-order valence-electron chi connectivity index (χ3n) is 5.36. The molecule has 0 bridgehead atoms. The number of aliphatic carboxylic acids is 1. The van der Waals surface area contributed by atoms with Crippen molar-refractivity contribution in [2.45, 2.75) is 38.7 Å². The van der Waals surface area contributed by atoms with E-state index < -0.39 is 17.5 Å². The van der Waals surface area contributed by atoms with Gasteiger partial charge in [-0.05, 0) is 37.3 Å². The lowest BCUT2D eigenvalue weighted by atomic mass is 9.73. The molecular formula is C19H25NO5. The molecular weight excluding hydrogens is 322 g/mol. The van der Waals surface area contributed by atoms with Gasteiger partial charge in [0.25, 0.3) is 5.91 Å². The van der Waals surface area contributed by atoms with E-state index in [4.69, 9.17) is 4.74 Å². The summed E-state index contributed by atoms with van der Waals surface area (Å²) in [5.74, 6) is -0.250. The number of ether oxygens (including phenoxy) is 1. The van der Waals surface area contributed by atoms with Crippen LogP contribution in [0.1, 0.15) is 31.2 Å². The van der Waals surface area contributed by atoms with E-state index in [1.165, 1.54) is 4.90 Å². The van der Waals surface area contributed by atoms with Crippen LogP contribution < -0.4 is 4.74 Å². The third kappa shape index (κ3) is 3.79. The van der Waals surface area contributed by atoms with E-state index in [-0.39, 0.29) is 25.5 Å². The normalized spacial score (nSPS) is 26.3. The summed E-state index contributed by atoms with van der Waals surface area (Å²) in [4.78, 5) is 26.0. The van der Waals surface area contributed by atoms with Crippen LogP contribution in [0, 0.1) is 18.3 Å². The van der Waals surface area contributed by atoms with Crippen molar-refractivity contribution in [1.29, 1.82) is 0 Å². The number of carboxylic acids is 1. The molecule has 3 rings (SSSR count). The number of carbonyl (C=O) groups excluding carboxylic acids is 1. The van der Waals surface area contributed by atoms with Crippen LogP contribution in [-0.4, -0.2) is 52.8 Å². The van der Waals surface area contributed by atoms with Crippen molar-refractivity contribution in [3.8, 4) is 5.75 Å². The number of nitrogens with zero attached hydrogens (tertiary/aromatic N) is 1. The Morgan fingerprint density at radius 3 is 2.64 bits per heavy atom. The number of para-hydroxylation sites is 1. The number of aliphatic hydroxyl groups excluding tert-OH is 1. The zero-order valence-electron chi connectivity index (χ0n) is 14.5. The maximum Gasteiger partial charge on any atom is 0.314 e. The van der Waals surface area contributed by atoms with Crippen molar-refractivity contribution in [2.24, 2.45) is 11.3 Å². The van der Waals surface area contributed by atoms with E-state index in [9.17, 15) is 19.8 Å². The Labute approximate surface area is 147 Å². The topological polar surface area (TPSA) is 87.1 Å². The molecule has 1 aliphatic carbocycles. The number of benzene rings is 1. The van der Waals surface area contributed by atoms with E-state index in [2.05, 4.69) is 0 Å². The van der Waals surface area contributed by atoms with Crippen LogP contribution in [-0.2, 0) is 9.59 Å². The number of rotatable bonds is 6. The molecule has 1 aliphatic heterocycles. The second-order valence-corrected chi connectivity index (χ2v) is 7.28. The fourth-order valence-corrected chi connectivity index (χ4v) is 3.58. The van der Waals surface area contributed by atoms with Crippen molar-refractivity contribution in [1.82, 2.24) is 4.90 Å². The largest absolute Gasteiger partial charge is 0.484 e. The van der Waals surface area contributed by atoms with Crippen molar-refractivity contribution in [2.75, 3.05) is 19.7 Å². The lowest BCUT2D eigenvalue weighted by molar-refractivity contribution is -0.167. The summed E-state index contributed by atoms with van der Waals surface area (Å²) < 4.78 is 5.60. The Balaban J connectivity index is 1.66. The molecule has 1 amide bonds. The van der Waals surface area contributed by atoms with E-state index in [0.29, 0.717) is 24.6 Å². The quantitative estimate of drug-likeness (QED) is 0.820. The summed E-state index contributed by atoms with van der Waals surface area (Å²) in [7, 11) is 0. The standard InChI is InChI=1S/C19H25NO5/c1-13-4-2-3-5-15(13)25-11-17(22)20-9-8-16(21)19(12-20,18(23)24)10-14-6-7-14/h2-5,14,16,21H,6-12H2,1H3,(H,23,24)/t16-,19+/m1/s1. The van der Waals surface area contributed by atoms with Gasteiger partial charge in [0.2, 0.25) is 0 Å². The molecule has 1 aromatic carbocycles. The van der Waals surface area contributed by atoms with Gasteiger partial charge in [-0.25, -0.2) is 0 Å². The molecule has 1 saturated carbocycles. The summed E-state index contributed by atoms with van der Waals surface area (Å²) in [6.45, 7) is 2.19. The predicted octanol–water partition coefficient (Wildman–Crippen LogP) is 1.84. The van der Waals surface area contributed by atoms with Gasteiger partial charge in [0.15, 0.2) is 6.61 Å². The van der Waals surface area contributed by atoms with Crippen LogP contribution in [0.3, 0.4) is 0 Å². The van der Waals surface area contributed by atoms with Gasteiger partial charge in [-0.1, -0.05) is 31.0 Å². The summed E-state index contributed by atoms with van der Waals surface area (Å²) in [6.07, 6.45) is 1.83. The summed E-state index contributed by atoms with van der Waals surface area (Å²) in [5, 5.41) is 20.1. The minimum absolute atomic E-state index is 0.0516. The van der Waals surface area contributed by atoms with Crippen LogP contribution in [0.5, 0.6) is 5.75 Å². The van der Waals surface area contributed by atoms with Gasteiger partial charge in [-0.2, -0.15) is 0 Å². The molecule has 6 nitrogen and oxygen atoms in total. The number of aryl methyl sites for hydroxylation is 1. The van der Waals surface area contributed by atoms with E-state index in [0.717, 1.165) is 18.4 Å². The maximum absolute atomic E-state index is 12.5. The van der Waals surface area contributed by atoms with Gasteiger partial charge >= 0.3 is 5.97 Å². The van der Waals surface area contributed by atoms with Crippen molar-refractivity contribution >= 4 is 11.9 Å². The molecule has 1 heterocycles. The maximum atomic E-state index is 12.5. The van der Waals surface area contributed by atoms with E-state index in [1.807, 2.05) is 25.1 Å². The highest BCUT2D eigenvalue weighted by atomic mass is 16.5. The zero-order chi connectivity index (χ0) is 18.0. The third-order valence-corrected chi connectivity index (χ3v) is 5.36. The fraction of sp³-hybridized carbons (Fsp3) is 0.579. The lowest BCUT2D eigenvalue weighted by Gasteiger charge is -2.43. The highest BCUT2D eigenvalue weighted by Gasteiger charge is 2.52. The summed E-state index contributed by atoms with van der Waals surface area (Å²) >= 11 is 0. The van der Waals surface area contributed by atoms with Crippen molar-refractivity contribution in [3.63, 3.8) is 0 Å².